The summed E-state index contributed by atoms with van der Waals surface area (Å²) in [6.45, 7) is 6.17. The van der Waals surface area contributed by atoms with Crippen LogP contribution in [0, 0.1) is 20.8 Å². The molecule has 2 nitrogen and oxygen atoms in total. The first-order valence-electron chi connectivity index (χ1n) is 4.53. The highest BCUT2D eigenvalue weighted by molar-refractivity contribution is 7.14. The van der Waals surface area contributed by atoms with Gasteiger partial charge >= 0.3 is 0 Å². The number of aromatic nitrogens is 2. The number of hydrogen-bond donors (Lipinski definition) is 0. The van der Waals surface area contributed by atoms with Gasteiger partial charge in [-0.3, -0.25) is 4.98 Å². The van der Waals surface area contributed by atoms with Gasteiger partial charge in [0, 0.05) is 28.5 Å². The third kappa shape index (κ3) is 1.68. The number of rotatable bonds is 1. The van der Waals surface area contributed by atoms with E-state index in [-0.39, 0.29) is 0 Å². The molecule has 0 aliphatic rings. The Morgan fingerprint density at radius 1 is 1.07 bits per heavy atom. The molecule has 0 spiro atoms. The van der Waals surface area contributed by atoms with E-state index in [0.717, 1.165) is 16.3 Å². The van der Waals surface area contributed by atoms with Crippen molar-refractivity contribution in [3.05, 3.63) is 34.6 Å². The average molecular weight is 204 g/mol. The molecule has 2 rings (SSSR count). The summed E-state index contributed by atoms with van der Waals surface area (Å²) in [5.74, 6) is 0. The standard InChI is InChI=1S/C11H12N2S/c1-7-4-8(2)12-6-10(7)11-13-5-9(3)14-11/h4-6H,1-3H3. The molecule has 14 heavy (non-hydrogen) atoms. The van der Waals surface area contributed by atoms with E-state index in [1.807, 2.05) is 19.3 Å². The van der Waals surface area contributed by atoms with E-state index < -0.39 is 0 Å². The molecule has 0 bridgehead atoms. The lowest BCUT2D eigenvalue weighted by Crippen LogP contribution is -1.87. The summed E-state index contributed by atoms with van der Waals surface area (Å²) in [6.07, 6.45) is 3.81. The average Bonchev–Trinajstić information content (AvgIpc) is 2.51. The molecule has 0 aromatic carbocycles. The minimum atomic E-state index is 1.06. The maximum atomic E-state index is 4.36. The Morgan fingerprint density at radius 2 is 1.86 bits per heavy atom. The molecule has 72 valence electrons. The van der Waals surface area contributed by atoms with E-state index in [4.69, 9.17) is 0 Å². The van der Waals surface area contributed by atoms with Gasteiger partial charge in [0.25, 0.3) is 0 Å². The van der Waals surface area contributed by atoms with Crippen LogP contribution in [0.2, 0.25) is 0 Å². The van der Waals surface area contributed by atoms with Crippen LogP contribution >= 0.6 is 11.3 Å². The van der Waals surface area contributed by atoms with Crippen LogP contribution in [0.25, 0.3) is 10.6 Å². The fraction of sp³-hybridized carbons (Fsp3) is 0.273. The lowest BCUT2D eigenvalue weighted by molar-refractivity contribution is 1.17. The predicted octanol–water partition coefficient (Wildman–Crippen LogP) is 3.13. The summed E-state index contributed by atoms with van der Waals surface area (Å²) in [5, 5.41) is 1.06. The summed E-state index contributed by atoms with van der Waals surface area (Å²) < 4.78 is 0. The van der Waals surface area contributed by atoms with Crippen LogP contribution in [-0.4, -0.2) is 9.97 Å². The first-order valence-corrected chi connectivity index (χ1v) is 5.34. The minimum absolute atomic E-state index is 1.06. The molecule has 3 heteroatoms. The smallest absolute Gasteiger partial charge is 0.125 e. The van der Waals surface area contributed by atoms with Gasteiger partial charge in [-0.25, -0.2) is 4.98 Å². The fourth-order valence-corrected chi connectivity index (χ4v) is 2.24. The van der Waals surface area contributed by atoms with E-state index in [9.17, 15) is 0 Å². The van der Waals surface area contributed by atoms with Gasteiger partial charge in [0.2, 0.25) is 0 Å². The molecule has 0 aliphatic carbocycles. The zero-order valence-electron chi connectivity index (χ0n) is 8.53. The van der Waals surface area contributed by atoms with Crippen molar-refractivity contribution >= 4 is 11.3 Å². The normalized spacial score (nSPS) is 10.5. The second-order valence-electron chi connectivity index (χ2n) is 3.42. The van der Waals surface area contributed by atoms with E-state index >= 15 is 0 Å². The highest BCUT2D eigenvalue weighted by atomic mass is 32.1. The topological polar surface area (TPSA) is 25.8 Å². The Balaban J connectivity index is 2.52. The number of aryl methyl sites for hydroxylation is 3. The maximum absolute atomic E-state index is 4.36. The third-order valence-electron chi connectivity index (χ3n) is 2.10. The van der Waals surface area contributed by atoms with Crippen LogP contribution in [0.1, 0.15) is 16.1 Å². The van der Waals surface area contributed by atoms with Crippen LogP contribution in [0.15, 0.2) is 18.5 Å². The third-order valence-corrected chi connectivity index (χ3v) is 3.05. The van der Waals surface area contributed by atoms with Crippen LogP contribution in [0.5, 0.6) is 0 Å². The van der Waals surface area contributed by atoms with Gasteiger partial charge in [0.15, 0.2) is 0 Å². The molecule has 0 aliphatic heterocycles. The Bertz CT molecular complexity index is 460. The predicted molar refractivity (Wildman–Crippen MR) is 59.6 cm³/mol. The number of pyridine rings is 1. The first-order chi connectivity index (χ1) is 6.66. The molecule has 0 saturated carbocycles. The SMILES string of the molecule is Cc1cc(C)c(-c2ncc(C)s2)cn1. The monoisotopic (exact) mass is 204 g/mol. The highest BCUT2D eigenvalue weighted by Gasteiger charge is 2.06. The molecule has 0 N–H and O–H groups in total. The molecule has 0 atom stereocenters. The lowest BCUT2D eigenvalue weighted by atomic mass is 10.1. The minimum Gasteiger partial charge on any atom is -0.261 e. The van der Waals surface area contributed by atoms with Gasteiger partial charge in [-0.1, -0.05) is 0 Å². The molecule has 0 unspecified atom stereocenters. The summed E-state index contributed by atoms with van der Waals surface area (Å²) in [6, 6.07) is 2.09. The van der Waals surface area contributed by atoms with Crippen molar-refractivity contribution in [2.24, 2.45) is 0 Å². The first kappa shape index (κ1) is 9.34. The van der Waals surface area contributed by atoms with Crippen LogP contribution in [-0.2, 0) is 0 Å². The van der Waals surface area contributed by atoms with Gasteiger partial charge in [-0.15, -0.1) is 11.3 Å². The molecule has 0 amide bonds. The summed E-state index contributed by atoms with van der Waals surface area (Å²) in [7, 11) is 0. The zero-order valence-corrected chi connectivity index (χ0v) is 9.35. The van der Waals surface area contributed by atoms with Crippen molar-refractivity contribution < 1.29 is 0 Å². The van der Waals surface area contributed by atoms with E-state index in [0.29, 0.717) is 0 Å². The number of hydrogen-bond acceptors (Lipinski definition) is 3. The second kappa shape index (κ2) is 3.50. The summed E-state index contributed by atoms with van der Waals surface area (Å²) in [4.78, 5) is 9.88. The van der Waals surface area contributed by atoms with Crippen LogP contribution in [0.4, 0.5) is 0 Å². The summed E-state index contributed by atoms with van der Waals surface area (Å²) >= 11 is 1.71. The van der Waals surface area contributed by atoms with Crippen LogP contribution < -0.4 is 0 Å². The Morgan fingerprint density at radius 3 is 2.43 bits per heavy atom. The Kier molecular flexibility index (Phi) is 2.33. The van der Waals surface area contributed by atoms with Gasteiger partial charge in [-0.05, 0) is 32.4 Å². The second-order valence-corrected chi connectivity index (χ2v) is 4.65. The number of nitrogens with zero attached hydrogens (tertiary/aromatic N) is 2. The summed E-state index contributed by atoms with van der Waals surface area (Å²) in [5.41, 5.74) is 3.44. The maximum Gasteiger partial charge on any atom is 0.125 e. The van der Waals surface area contributed by atoms with Crippen molar-refractivity contribution in [1.82, 2.24) is 9.97 Å². The molecule has 0 saturated heterocycles. The lowest BCUT2D eigenvalue weighted by Gasteiger charge is -2.01. The Hall–Kier alpha value is -1.22. The van der Waals surface area contributed by atoms with Gasteiger partial charge < -0.3 is 0 Å². The van der Waals surface area contributed by atoms with Gasteiger partial charge in [-0.2, -0.15) is 0 Å². The largest absolute Gasteiger partial charge is 0.261 e. The molecular weight excluding hydrogens is 192 g/mol. The van der Waals surface area contributed by atoms with E-state index in [2.05, 4.69) is 29.9 Å². The fourth-order valence-electron chi connectivity index (χ4n) is 1.40. The highest BCUT2D eigenvalue weighted by Crippen LogP contribution is 2.26. The van der Waals surface area contributed by atoms with Crippen molar-refractivity contribution in [3.8, 4) is 10.6 Å². The van der Waals surface area contributed by atoms with Gasteiger partial charge in [0.1, 0.15) is 5.01 Å². The molecule has 0 fully saturated rings. The molecule has 2 heterocycles. The molecule has 0 radical (unpaired) electrons. The van der Waals surface area contributed by atoms with E-state index in [1.165, 1.54) is 10.4 Å². The Labute approximate surface area is 87.7 Å². The quantitative estimate of drug-likeness (QED) is 0.713. The molecular formula is C11H12N2S. The number of thiazole rings is 1. The van der Waals surface area contributed by atoms with Crippen LogP contribution in [0.3, 0.4) is 0 Å². The zero-order chi connectivity index (χ0) is 10.1. The van der Waals surface area contributed by atoms with Crippen molar-refractivity contribution in [2.75, 3.05) is 0 Å². The van der Waals surface area contributed by atoms with Crippen molar-refractivity contribution in [2.45, 2.75) is 20.8 Å². The van der Waals surface area contributed by atoms with Crippen molar-refractivity contribution in [1.29, 1.82) is 0 Å². The van der Waals surface area contributed by atoms with Gasteiger partial charge in [0.05, 0.1) is 0 Å². The molecule has 2 aromatic heterocycles. The molecule has 2 aromatic rings. The van der Waals surface area contributed by atoms with Crippen molar-refractivity contribution in [3.63, 3.8) is 0 Å². The van der Waals surface area contributed by atoms with E-state index in [1.54, 1.807) is 11.3 Å².